The summed E-state index contributed by atoms with van der Waals surface area (Å²) in [5.74, 6) is 2.46. The second kappa shape index (κ2) is 14.2. The van der Waals surface area contributed by atoms with Crippen molar-refractivity contribution in [2.75, 3.05) is 16.5 Å². The van der Waals surface area contributed by atoms with Gasteiger partial charge in [0.2, 0.25) is 0 Å². The molecule has 0 fully saturated rings. The SMILES string of the molecule is CC(C)(C)c1cc(-c2ccccc2)cc(N2CN(c3cccc(Oc4ccc5c6ccccc6n(-c6cc(C(C)(C)C)ccn6)c5c4)c3)c3ccc(C(C)(C)C)cc32)c1. The first-order valence-corrected chi connectivity index (χ1v) is 20.8. The maximum absolute atomic E-state index is 6.76. The van der Waals surface area contributed by atoms with Crippen molar-refractivity contribution in [1.82, 2.24) is 9.55 Å². The summed E-state index contributed by atoms with van der Waals surface area (Å²) in [7, 11) is 0. The Labute approximate surface area is 349 Å². The second-order valence-corrected chi connectivity index (χ2v) is 19.1. The van der Waals surface area contributed by atoms with Gasteiger partial charge in [-0.1, -0.05) is 129 Å². The van der Waals surface area contributed by atoms with Crippen molar-refractivity contribution in [3.63, 3.8) is 0 Å². The van der Waals surface area contributed by atoms with Crippen LogP contribution in [0.3, 0.4) is 0 Å². The van der Waals surface area contributed by atoms with Gasteiger partial charge < -0.3 is 14.5 Å². The lowest BCUT2D eigenvalue weighted by Crippen LogP contribution is -2.24. The Morgan fingerprint density at radius 2 is 1.14 bits per heavy atom. The summed E-state index contributed by atoms with van der Waals surface area (Å²) in [6, 6.07) is 52.6. The van der Waals surface area contributed by atoms with Crippen LogP contribution in [0, 0.1) is 0 Å². The second-order valence-electron chi connectivity index (χ2n) is 19.1. The summed E-state index contributed by atoms with van der Waals surface area (Å²) in [4.78, 5) is 9.77. The van der Waals surface area contributed by atoms with Crippen LogP contribution in [0.15, 0.2) is 152 Å². The molecule has 0 saturated heterocycles. The molecule has 5 nitrogen and oxygen atoms in total. The molecule has 1 aliphatic heterocycles. The minimum Gasteiger partial charge on any atom is -0.457 e. The molecule has 5 heteroatoms. The molecule has 0 unspecified atom stereocenters. The van der Waals surface area contributed by atoms with Crippen molar-refractivity contribution in [2.24, 2.45) is 0 Å². The number of nitrogens with zero attached hydrogens (tertiary/aromatic N) is 4. The predicted molar refractivity (Wildman–Crippen MR) is 249 cm³/mol. The van der Waals surface area contributed by atoms with Crippen molar-refractivity contribution in [3.8, 4) is 28.4 Å². The normalized spacial score (nSPS) is 13.4. The number of benzene rings is 6. The summed E-state index contributed by atoms with van der Waals surface area (Å²) in [5.41, 5.74) is 13.1. The maximum Gasteiger partial charge on any atom is 0.137 e. The zero-order valence-electron chi connectivity index (χ0n) is 35.8. The van der Waals surface area contributed by atoms with Gasteiger partial charge in [0.25, 0.3) is 0 Å². The lowest BCUT2D eigenvalue weighted by Gasteiger charge is -2.27. The standard InChI is InChI=1S/C54H54N4O/c1-52(2,3)38-22-25-48-50(31-38)57(42-29-37(36-16-11-10-12-17-36)28-40(30-42)54(7,8)9)35-56(48)41-18-15-19-43(33-41)59-44-23-24-46-45-20-13-14-21-47(45)58(49(46)34-44)51-32-39(26-27-55-51)53(4,5)6/h10-34H,35H2,1-9H3. The van der Waals surface area contributed by atoms with E-state index < -0.39 is 0 Å². The minimum atomic E-state index is -0.0228. The first kappa shape index (κ1) is 38.2. The van der Waals surface area contributed by atoms with E-state index in [2.05, 4.69) is 216 Å². The zero-order valence-corrected chi connectivity index (χ0v) is 35.8. The molecule has 59 heavy (non-hydrogen) atoms. The van der Waals surface area contributed by atoms with Gasteiger partial charge in [-0.25, -0.2) is 4.98 Å². The molecular weight excluding hydrogens is 721 g/mol. The van der Waals surface area contributed by atoms with E-state index in [1.165, 1.54) is 55.7 Å². The highest BCUT2D eigenvalue weighted by atomic mass is 16.5. The average molecular weight is 775 g/mol. The Morgan fingerprint density at radius 3 is 1.90 bits per heavy atom. The van der Waals surface area contributed by atoms with Crippen LogP contribution in [-0.4, -0.2) is 16.2 Å². The maximum atomic E-state index is 6.76. The van der Waals surface area contributed by atoms with E-state index in [-0.39, 0.29) is 16.2 Å². The summed E-state index contributed by atoms with van der Waals surface area (Å²) < 4.78 is 9.03. The monoisotopic (exact) mass is 774 g/mol. The van der Waals surface area contributed by atoms with Crippen LogP contribution in [0.1, 0.15) is 79.0 Å². The van der Waals surface area contributed by atoms with Gasteiger partial charge in [-0.2, -0.15) is 0 Å². The van der Waals surface area contributed by atoms with Crippen LogP contribution in [0.25, 0.3) is 38.8 Å². The Bertz CT molecular complexity index is 2850. The highest BCUT2D eigenvalue weighted by Crippen LogP contribution is 2.48. The number of para-hydroxylation sites is 1. The van der Waals surface area contributed by atoms with Crippen molar-refractivity contribution >= 4 is 44.6 Å². The van der Waals surface area contributed by atoms with Gasteiger partial charge >= 0.3 is 0 Å². The van der Waals surface area contributed by atoms with E-state index in [9.17, 15) is 0 Å². The third-order valence-electron chi connectivity index (χ3n) is 11.8. The number of ether oxygens (including phenoxy) is 1. The lowest BCUT2D eigenvalue weighted by atomic mass is 9.84. The van der Waals surface area contributed by atoms with E-state index in [1.54, 1.807) is 0 Å². The minimum absolute atomic E-state index is 0.000922. The highest BCUT2D eigenvalue weighted by molar-refractivity contribution is 6.09. The van der Waals surface area contributed by atoms with Gasteiger partial charge in [0.1, 0.15) is 24.0 Å². The van der Waals surface area contributed by atoms with E-state index >= 15 is 0 Å². The van der Waals surface area contributed by atoms with Gasteiger partial charge in [-0.05, 0) is 111 Å². The summed E-state index contributed by atoms with van der Waals surface area (Å²) >= 11 is 0. The van der Waals surface area contributed by atoms with Gasteiger partial charge in [-0.3, -0.25) is 4.57 Å². The fourth-order valence-corrected chi connectivity index (χ4v) is 8.29. The molecule has 8 aromatic rings. The molecule has 0 radical (unpaired) electrons. The summed E-state index contributed by atoms with van der Waals surface area (Å²) in [5, 5.41) is 2.36. The van der Waals surface area contributed by atoms with E-state index in [0.717, 1.165) is 34.0 Å². The summed E-state index contributed by atoms with van der Waals surface area (Å²) in [6.45, 7) is 21.2. The predicted octanol–water partition coefficient (Wildman–Crippen LogP) is 14.8. The van der Waals surface area contributed by atoms with Crippen LogP contribution in [-0.2, 0) is 16.2 Å². The molecule has 0 atom stereocenters. The van der Waals surface area contributed by atoms with Gasteiger partial charge in [0, 0.05) is 40.5 Å². The number of anilines is 4. The molecule has 296 valence electrons. The molecule has 2 aromatic heterocycles. The van der Waals surface area contributed by atoms with Crippen molar-refractivity contribution in [1.29, 1.82) is 0 Å². The Morgan fingerprint density at radius 1 is 0.458 bits per heavy atom. The number of rotatable bonds is 6. The van der Waals surface area contributed by atoms with E-state index in [4.69, 9.17) is 9.72 Å². The number of fused-ring (bicyclic) bond motifs is 4. The molecule has 0 N–H and O–H groups in total. The van der Waals surface area contributed by atoms with Crippen LogP contribution in [0.5, 0.6) is 11.5 Å². The molecule has 3 heterocycles. The van der Waals surface area contributed by atoms with E-state index in [0.29, 0.717) is 6.67 Å². The Hall–Kier alpha value is -6.33. The third-order valence-corrected chi connectivity index (χ3v) is 11.8. The van der Waals surface area contributed by atoms with Crippen molar-refractivity contribution < 1.29 is 4.74 Å². The molecular formula is C54H54N4O. The first-order valence-electron chi connectivity index (χ1n) is 20.8. The molecule has 9 rings (SSSR count). The lowest BCUT2D eigenvalue weighted by molar-refractivity contribution is 0.483. The third kappa shape index (κ3) is 7.24. The largest absolute Gasteiger partial charge is 0.457 e. The molecule has 0 amide bonds. The van der Waals surface area contributed by atoms with Gasteiger partial charge in [-0.15, -0.1) is 0 Å². The van der Waals surface area contributed by atoms with Crippen molar-refractivity contribution in [3.05, 3.63) is 168 Å². The quantitative estimate of drug-likeness (QED) is 0.168. The number of hydrogen-bond donors (Lipinski definition) is 0. The molecule has 0 spiro atoms. The zero-order chi connectivity index (χ0) is 41.3. The van der Waals surface area contributed by atoms with Crippen LogP contribution in [0.4, 0.5) is 22.7 Å². The smallest absolute Gasteiger partial charge is 0.137 e. The van der Waals surface area contributed by atoms with Crippen LogP contribution < -0.4 is 14.5 Å². The Kier molecular flexibility index (Phi) is 9.19. The van der Waals surface area contributed by atoms with Gasteiger partial charge in [0.05, 0.1) is 22.4 Å². The summed E-state index contributed by atoms with van der Waals surface area (Å²) in [6.07, 6.45) is 1.92. The topological polar surface area (TPSA) is 33.5 Å². The highest BCUT2D eigenvalue weighted by Gasteiger charge is 2.31. The van der Waals surface area contributed by atoms with Crippen molar-refractivity contribution in [2.45, 2.75) is 78.6 Å². The molecule has 0 saturated carbocycles. The van der Waals surface area contributed by atoms with Crippen LogP contribution in [0.2, 0.25) is 0 Å². The fraction of sp³-hybridized carbons (Fsp3) is 0.241. The fourth-order valence-electron chi connectivity index (χ4n) is 8.29. The van der Waals surface area contributed by atoms with Crippen LogP contribution >= 0.6 is 0 Å². The molecule has 1 aliphatic rings. The molecule has 0 bridgehead atoms. The van der Waals surface area contributed by atoms with Gasteiger partial charge in [0.15, 0.2) is 0 Å². The molecule has 0 aliphatic carbocycles. The number of pyridine rings is 1. The average Bonchev–Trinajstić information content (AvgIpc) is 3.76. The van der Waals surface area contributed by atoms with E-state index in [1.807, 2.05) is 12.3 Å². The Balaban J connectivity index is 1.10. The molecule has 6 aromatic carbocycles. The number of aromatic nitrogens is 2. The first-order chi connectivity index (χ1) is 28.1. The number of hydrogen-bond acceptors (Lipinski definition) is 4.